The van der Waals surface area contributed by atoms with E-state index in [4.69, 9.17) is 15.2 Å². The summed E-state index contributed by atoms with van der Waals surface area (Å²) in [5.74, 6) is 0.589. The van der Waals surface area contributed by atoms with Gasteiger partial charge in [0.15, 0.2) is 5.96 Å². The molecule has 1 saturated heterocycles. The number of methoxy groups -OCH3 is 1. The lowest BCUT2D eigenvalue weighted by Gasteiger charge is -2.40. The molecule has 1 saturated carbocycles. The molecule has 0 radical (unpaired) electrons. The van der Waals surface area contributed by atoms with Crippen LogP contribution in [-0.2, 0) is 9.47 Å². The summed E-state index contributed by atoms with van der Waals surface area (Å²) in [6.07, 6.45) is 6.00. The third-order valence-electron chi connectivity index (χ3n) is 4.90. The second-order valence-corrected chi connectivity index (χ2v) is 6.53. The van der Waals surface area contributed by atoms with E-state index in [1.165, 1.54) is 19.3 Å². The highest BCUT2D eigenvalue weighted by atomic mass is 127. The first kappa shape index (κ1) is 20.9. The van der Waals surface area contributed by atoms with E-state index in [1.54, 1.807) is 7.11 Å². The highest BCUT2D eigenvalue weighted by Gasteiger charge is 2.36. The minimum Gasteiger partial charge on any atom is -0.385 e. The zero-order chi connectivity index (χ0) is 15.7. The van der Waals surface area contributed by atoms with Crippen LogP contribution in [0.25, 0.3) is 0 Å². The number of nitrogens with zero attached hydrogens (tertiary/aromatic N) is 2. The van der Waals surface area contributed by atoms with Gasteiger partial charge in [-0.25, -0.2) is 0 Å². The molecule has 2 fully saturated rings. The number of rotatable bonds is 9. The molecule has 1 aliphatic carbocycles. The highest BCUT2D eigenvalue weighted by molar-refractivity contribution is 14.0. The van der Waals surface area contributed by atoms with Gasteiger partial charge in [-0.15, -0.1) is 24.0 Å². The molecule has 0 aromatic heterocycles. The predicted molar refractivity (Wildman–Crippen MR) is 105 cm³/mol. The minimum absolute atomic E-state index is 0. The van der Waals surface area contributed by atoms with Crippen LogP contribution < -0.4 is 11.1 Å². The Bertz CT molecular complexity index is 345. The number of nitrogens with two attached hydrogens (primary N) is 1. The molecule has 1 heterocycles. The molecule has 0 aromatic carbocycles. The van der Waals surface area contributed by atoms with E-state index >= 15 is 0 Å². The molecule has 1 aliphatic heterocycles. The summed E-state index contributed by atoms with van der Waals surface area (Å²) in [4.78, 5) is 6.99. The minimum atomic E-state index is 0. The van der Waals surface area contributed by atoms with E-state index in [2.05, 4.69) is 15.2 Å². The lowest BCUT2D eigenvalue weighted by molar-refractivity contribution is 0.0376. The van der Waals surface area contributed by atoms with E-state index in [1.807, 2.05) is 0 Å². The third-order valence-corrected chi connectivity index (χ3v) is 4.90. The van der Waals surface area contributed by atoms with Gasteiger partial charge in [-0.3, -0.25) is 9.89 Å². The van der Waals surface area contributed by atoms with Crippen LogP contribution in [0.15, 0.2) is 4.99 Å². The smallest absolute Gasteiger partial charge is 0.188 e. The fourth-order valence-corrected chi connectivity index (χ4v) is 3.14. The first-order valence-corrected chi connectivity index (χ1v) is 8.57. The van der Waals surface area contributed by atoms with E-state index in [0.29, 0.717) is 11.4 Å². The zero-order valence-corrected chi connectivity index (χ0v) is 16.7. The molecule has 3 N–H and O–H groups in total. The number of hydrogen-bond donors (Lipinski definition) is 2. The molecule has 0 bridgehead atoms. The Morgan fingerprint density at radius 3 is 2.70 bits per heavy atom. The van der Waals surface area contributed by atoms with Crippen molar-refractivity contribution in [1.29, 1.82) is 0 Å². The first-order valence-electron chi connectivity index (χ1n) is 8.57. The van der Waals surface area contributed by atoms with Crippen LogP contribution in [-0.4, -0.2) is 70.5 Å². The number of ether oxygens (including phenoxy) is 2. The first-order chi connectivity index (χ1) is 10.7. The van der Waals surface area contributed by atoms with Crippen molar-refractivity contribution in [3.63, 3.8) is 0 Å². The van der Waals surface area contributed by atoms with Gasteiger partial charge in [0.1, 0.15) is 0 Å². The molecule has 2 rings (SSSR count). The van der Waals surface area contributed by atoms with E-state index in [9.17, 15) is 0 Å². The molecule has 0 unspecified atom stereocenters. The van der Waals surface area contributed by atoms with Crippen molar-refractivity contribution in [1.82, 2.24) is 10.2 Å². The van der Waals surface area contributed by atoms with Gasteiger partial charge in [0, 0.05) is 39.9 Å². The number of morpholine rings is 1. The van der Waals surface area contributed by atoms with Gasteiger partial charge < -0.3 is 20.5 Å². The maximum Gasteiger partial charge on any atom is 0.188 e. The summed E-state index contributed by atoms with van der Waals surface area (Å²) < 4.78 is 10.6. The fraction of sp³-hybridized carbons (Fsp3) is 0.938. The van der Waals surface area contributed by atoms with Crippen molar-refractivity contribution in [3.8, 4) is 0 Å². The van der Waals surface area contributed by atoms with Crippen molar-refractivity contribution in [2.45, 2.75) is 32.1 Å². The summed E-state index contributed by atoms with van der Waals surface area (Å²) in [5.41, 5.74) is 6.32. The number of hydrogen-bond acceptors (Lipinski definition) is 4. The van der Waals surface area contributed by atoms with Crippen molar-refractivity contribution in [2.75, 3.05) is 59.7 Å². The number of guanidine groups is 1. The lowest BCUT2D eigenvalue weighted by Crippen LogP contribution is -2.40. The molecule has 23 heavy (non-hydrogen) atoms. The maximum absolute atomic E-state index is 5.98. The van der Waals surface area contributed by atoms with Crippen LogP contribution in [0, 0.1) is 5.41 Å². The van der Waals surface area contributed by atoms with Gasteiger partial charge in [0.05, 0.1) is 13.2 Å². The maximum atomic E-state index is 5.98. The summed E-state index contributed by atoms with van der Waals surface area (Å²) in [7, 11) is 1.76. The molecular weight excluding hydrogens is 407 g/mol. The van der Waals surface area contributed by atoms with Gasteiger partial charge in [0.25, 0.3) is 0 Å². The van der Waals surface area contributed by atoms with Gasteiger partial charge in [-0.2, -0.15) is 0 Å². The average molecular weight is 440 g/mol. The average Bonchev–Trinajstić information content (AvgIpc) is 2.51. The zero-order valence-electron chi connectivity index (χ0n) is 14.4. The van der Waals surface area contributed by atoms with Gasteiger partial charge in [-0.1, -0.05) is 6.42 Å². The monoisotopic (exact) mass is 440 g/mol. The molecular formula is C16H33IN4O2. The standard InChI is InChI=1S/C16H32N4O2.HI/c1-21-11-6-16(4-2-5-16)14-19-15(17)18-7-3-8-20-9-12-22-13-10-20;/h2-14H2,1H3,(H3,17,18,19);1H. The third kappa shape index (κ3) is 7.53. The Hall–Kier alpha value is -0.120. The summed E-state index contributed by atoms with van der Waals surface area (Å²) >= 11 is 0. The van der Waals surface area contributed by atoms with Crippen molar-refractivity contribution in [3.05, 3.63) is 0 Å². The van der Waals surface area contributed by atoms with Crippen molar-refractivity contribution >= 4 is 29.9 Å². The van der Waals surface area contributed by atoms with Gasteiger partial charge in [-0.05, 0) is 37.6 Å². The Morgan fingerprint density at radius 1 is 1.35 bits per heavy atom. The molecule has 0 amide bonds. The van der Waals surface area contributed by atoms with Crippen molar-refractivity contribution < 1.29 is 9.47 Å². The van der Waals surface area contributed by atoms with Crippen LogP contribution in [0.2, 0.25) is 0 Å². The topological polar surface area (TPSA) is 72.1 Å². The Labute approximate surface area is 157 Å². The largest absolute Gasteiger partial charge is 0.385 e. The lowest BCUT2D eigenvalue weighted by atomic mass is 9.67. The van der Waals surface area contributed by atoms with Crippen LogP contribution in [0.5, 0.6) is 0 Å². The summed E-state index contributed by atoms with van der Waals surface area (Å²) in [6.45, 7) is 7.46. The van der Waals surface area contributed by atoms with Gasteiger partial charge in [0.2, 0.25) is 0 Å². The number of aliphatic imine (C=N–C) groups is 1. The van der Waals surface area contributed by atoms with Gasteiger partial charge >= 0.3 is 0 Å². The summed E-state index contributed by atoms with van der Waals surface area (Å²) in [5, 5.41) is 3.24. The molecule has 0 spiro atoms. The fourth-order valence-electron chi connectivity index (χ4n) is 3.14. The molecule has 2 aliphatic rings. The van der Waals surface area contributed by atoms with E-state index in [-0.39, 0.29) is 24.0 Å². The molecule has 136 valence electrons. The quantitative estimate of drug-likeness (QED) is 0.246. The van der Waals surface area contributed by atoms with Crippen LogP contribution in [0.4, 0.5) is 0 Å². The van der Waals surface area contributed by atoms with Crippen molar-refractivity contribution in [2.24, 2.45) is 16.1 Å². The number of nitrogens with one attached hydrogen (secondary N) is 1. The summed E-state index contributed by atoms with van der Waals surface area (Å²) in [6, 6.07) is 0. The molecule has 0 aromatic rings. The molecule has 6 nitrogen and oxygen atoms in total. The second-order valence-electron chi connectivity index (χ2n) is 6.53. The van der Waals surface area contributed by atoms with E-state index in [0.717, 1.165) is 65.4 Å². The Morgan fingerprint density at radius 2 is 2.09 bits per heavy atom. The molecule has 0 atom stereocenters. The SMILES string of the molecule is COCCC1(CN=C(N)NCCCN2CCOCC2)CCC1.I. The normalized spacial score (nSPS) is 21.3. The van der Waals surface area contributed by atoms with E-state index < -0.39 is 0 Å². The van der Waals surface area contributed by atoms with Crippen LogP contribution in [0.3, 0.4) is 0 Å². The predicted octanol–water partition coefficient (Wildman–Crippen LogP) is 1.44. The Kier molecular flexibility index (Phi) is 10.4. The molecule has 7 heteroatoms. The van der Waals surface area contributed by atoms with Crippen LogP contribution >= 0.6 is 24.0 Å². The Balaban J connectivity index is 0.00000264. The van der Waals surface area contributed by atoms with Crippen LogP contribution in [0.1, 0.15) is 32.1 Å². The number of halogens is 1. The second kappa shape index (κ2) is 11.4. The highest BCUT2D eigenvalue weighted by Crippen LogP contribution is 2.44.